The number of hydrogen-bond donors (Lipinski definition) is 1. The van der Waals surface area contributed by atoms with Crippen molar-refractivity contribution in [2.24, 2.45) is 47.2 Å². The van der Waals surface area contributed by atoms with Crippen molar-refractivity contribution in [2.45, 2.75) is 303 Å². The van der Waals surface area contributed by atoms with Crippen LogP contribution in [0.15, 0.2) is 176 Å². The first-order valence-corrected chi connectivity index (χ1v) is 52.4. The van der Waals surface area contributed by atoms with Gasteiger partial charge in [-0.1, -0.05) is 159 Å². The molecule has 7 aromatic rings. The minimum absolute atomic E-state index is 0.00650. The number of imidazole rings is 1. The fourth-order valence-corrected chi connectivity index (χ4v) is 22.6. The molecule has 1 amide bonds. The first kappa shape index (κ1) is 115. The first-order valence-electron chi connectivity index (χ1n) is 52.4. The van der Waals surface area contributed by atoms with Gasteiger partial charge >= 0.3 is 36.1 Å². The summed E-state index contributed by atoms with van der Waals surface area (Å²) < 4.78 is 79.6. The number of likely N-dealkylation sites (N-methyl/N-ethyl adjacent to an activating group) is 4. The average Bonchev–Trinajstić information content (AvgIpc) is 1.59. The van der Waals surface area contributed by atoms with Crippen molar-refractivity contribution in [2.75, 3.05) is 80.7 Å². The van der Waals surface area contributed by atoms with Crippen molar-refractivity contribution in [1.29, 1.82) is 0 Å². The Morgan fingerprint density at radius 2 is 1.01 bits per heavy atom. The number of carbonyl (C=O) groups excluding carboxylic acids is 10. The molecule has 2 N–H and O–H groups in total. The molecule has 6 saturated heterocycles. The molecule has 0 saturated carbocycles. The largest absolute Gasteiger partial charge is 0.458 e. The van der Waals surface area contributed by atoms with E-state index in [1.807, 2.05) is 171 Å². The van der Waals surface area contributed by atoms with Crippen molar-refractivity contribution >= 4 is 93.2 Å². The summed E-state index contributed by atoms with van der Waals surface area (Å²) in [5.74, 6) is -11.4. The third-order valence-electron chi connectivity index (χ3n) is 30.7. The van der Waals surface area contributed by atoms with E-state index in [1.165, 1.54) is 64.6 Å². The van der Waals surface area contributed by atoms with Gasteiger partial charge in [0, 0.05) is 90.3 Å². The second kappa shape index (κ2) is 51.5. The summed E-state index contributed by atoms with van der Waals surface area (Å²) >= 11 is 0. The molecule has 6 fully saturated rings. The zero-order valence-corrected chi connectivity index (χ0v) is 89.8. The number of para-hydroxylation sites is 2. The van der Waals surface area contributed by atoms with E-state index >= 15 is 9.59 Å². The summed E-state index contributed by atoms with van der Waals surface area (Å²) in [6.07, 6.45) is 11.6. The quantitative estimate of drug-likeness (QED) is 0.0299. The number of esters is 4. The summed E-state index contributed by atoms with van der Waals surface area (Å²) in [6.45, 7) is 37.3. The topological polar surface area (TPSA) is 367 Å². The van der Waals surface area contributed by atoms with Crippen LogP contribution in [0.3, 0.4) is 0 Å². The Morgan fingerprint density at radius 1 is 0.558 bits per heavy atom. The summed E-state index contributed by atoms with van der Waals surface area (Å²) in [7, 11) is 7.56. The van der Waals surface area contributed by atoms with Gasteiger partial charge in [0.25, 0.3) is 0 Å². The van der Waals surface area contributed by atoms with Crippen LogP contribution in [0.1, 0.15) is 221 Å². The van der Waals surface area contributed by atoms with Gasteiger partial charge in [0.05, 0.1) is 89.1 Å². The second-order valence-corrected chi connectivity index (χ2v) is 42.1. The van der Waals surface area contributed by atoms with Gasteiger partial charge in [0.1, 0.15) is 36.2 Å². The van der Waals surface area contributed by atoms with E-state index in [2.05, 4.69) is 38.6 Å². The number of aromatic nitrogens is 4. The number of hydrogen-bond acceptors (Lipinski definition) is 30. The van der Waals surface area contributed by atoms with Crippen molar-refractivity contribution < 1.29 is 105 Å². The standard InChI is InChI=1S/C56H76N4O11.C52H64N4O11.C7H16N2/c1-12-45-56(9)49(60(54(65)71-56)33-42-25-19-27-59(42)13-2)36(5)46(61)34(3)31-55(8,66-28-20-21-39-30-41-24-17-18-26-43(41)57-32-39)50(37(6)47(62)38(7)51(63)68-45)70-53-48(44(58(10)11)29-35(4)67-53)69-52(64)40-22-15-14-16-23-40;1-11-42-51(7,67-50(61)56-24-23-53-31-56)28-32(2)43(57)33(3)29-52(8,62-25-17-18-37-27-39-21-15-16-22-40(39)54-30-37)46(35(5)44(58)36(6)47(59)64-42)66-49-45(41(55(9)10)26-34(4)63-49)65-48(60)38-19-13-12-14-20-38;1-2-9-5-3-4-7(9)6-8/h14-18,20-24,26,30,32,34-38,42,44-45,48-50,53H,12-13,19,25,27-29,31,33H2,1-11H3;12-24,27-28,30-31,33-36,41-42,45-46,49H,11,25-26,29H2,1-10H3;7H,2-6,8H2,1H3/b21-20+;18-17+,32-28+;/t34-,35-,36+,37+,38-,42-,44+,45-,48-,49-,50-,53+,55-,56-;33-,34-,35+,36-,41+,42-,45-,46-,49+,51+,52-;7-/m111/s1. The summed E-state index contributed by atoms with van der Waals surface area (Å²) in [5, 5.41) is 1.94. The highest BCUT2D eigenvalue weighted by molar-refractivity contribution is 6.01. The molecule has 7 aliphatic rings. The summed E-state index contributed by atoms with van der Waals surface area (Å²) in [5.41, 5.74) is 3.89. The maximum absolute atomic E-state index is 15.4. The number of fused-ring (bicyclic) bond motifs is 3. The van der Waals surface area contributed by atoms with E-state index in [1.54, 1.807) is 127 Å². The zero-order chi connectivity index (χ0) is 107. The van der Waals surface area contributed by atoms with Gasteiger partial charge in [-0.05, 0) is 252 Å². The average molecular weight is 2030 g/mol. The van der Waals surface area contributed by atoms with Crippen LogP contribution in [0.5, 0.6) is 0 Å². The SMILES string of the molecule is CCN1CCC[C@@H]1CN.CC[C@H]1OC(=O)[C@H](C)C(=O)[C@H](C)[C@@H](O[C@@H]2O[C@H](C)C[C@H](N(C)C)[C@H]2OC(=O)c2ccccc2)[C@](C)(OC/C=C/c2cnc3ccccc3c2)C[C@@H](C)C(=O)/C(C)=C/[C@]1(C)OC(=O)n1ccnc1.CC[C@H]1OC(=O)[C@H](C)C(=O)[C@H](C)[C@@H](O[C@@H]2O[C@H](C)C[C@H](N(C)C)[C@H]2OC(=O)c2ccccc2)[C@](C)(OC/C=C/c2cnc3ccccc3c2)C[C@@H](C)C(=O)[C@H](C)[C@H]2N(C[C@H]3CCCN3CC)C(=O)O[C@]12C. The highest BCUT2D eigenvalue weighted by Gasteiger charge is 2.62. The number of likely N-dealkylation sites (tertiary alicyclic amines) is 2. The molecule has 0 unspecified atom stereocenters. The van der Waals surface area contributed by atoms with Gasteiger partial charge in [-0.25, -0.2) is 28.7 Å². The van der Waals surface area contributed by atoms with Gasteiger partial charge in [0.15, 0.2) is 53.3 Å². The Morgan fingerprint density at radius 3 is 1.45 bits per heavy atom. The normalized spacial score (nSPS) is 32.6. The molecule has 10 heterocycles. The van der Waals surface area contributed by atoms with Gasteiger partial charge in [-0.2, -0.15) is 0 Å². The molecule has 3 aromatic heterocycles. The van der Waals surface area contributed by atoms with Crippen molar-refractivity contribution in [1.82, 2.24) is 44.0 Å². The maximum atomic E-state index is 15.4. The molecule has 0 aliphatic carbocycles. The Hall–Kier alpha value is -11.0. The molecule has 0 radical (unpaired) electrons. The molecule has 32 nitrogen and oxygen atoms in total. The predicted octanol–water partition coefficient (Wildman–Crippen LogP) is 16.7. The number of carbonyl (C=O) groups is 10. The number of amides is 1. The van der Waals surface area contributed by atoms with Gasteiger partial charge in [0.2, 0.25) is 0 Å². The highest BCUT2D eigenvalue weighted by atomic mass is 16.7. The fourth-order valence-electron chi connectivity index (χ4n) is 22.6. The number of Topliss-reactive ketones (excluding diaryl/α,β-unsaturated/α-hetero) is 4. The van der Waals surface area contributed by atoms with E-state index < -0.39 is 167 Å². The highest BCUT2D eigenvalue weighted by Crippen LogP contribution is 2.47. The number of cyclic esters (lactones) is 2. The monoisotopic (exact) mass is 2030 g/mol. The van der Waals surface area contributed by atoms with Crippen LogP contribution in [-0.4, -0.2) is 298 Å². The lowest BCUT2D eigenvalue weighted by Gasteiger charge is -2.48. The van der Waals surface area contributed by atoms with E-state index in [0.29, 0.717) is 36.6 Å². The Bertz CT molecular complexity index is 5720. The predicted molar refractivity (Wildman–Crippen MR) is 559 cm³/mol. The van der Waals surface area contributed by atoms with E-state index in [0.717, 1.165) is 70.0 Å². The molecular formula is C115H156N10O22. The third kappa shape index (κ3) is 27.8. The van der Waals surface area contributed by atoms with Crippen molar-refractivity contribution in [3.8, 4) is 0 Å². The molecule has 0 bridgehead atoms. The lowest BCUT2D eigenvalue weighted by atomic mass is 9.73. The van der Waals surface area contributed by atoms with Crippen molar-refractivity contribution in [3.63, 3.8) is 0 Å². The molecule has 798 valence electrons. The summed E-state index contributed by atoms with van der Waals surface area (Å²) in [6, 6.07) is 36.1. The van der Waals surface area contributed by atoms with Crippen LogP contribution in [0.4, 0.5) is 9.59 Å². The number of ketones is 4. The Balaban J connectivity index is 0.000000240. The van der Waals surface area contributed by atoms with Crippen molar-refractivity contribution in [3.05, 3.63) is 198 Å². The number of nitrogens with zero attached hydrogens (tertiary/aromatic N) is 9. The molecule has 7 aliphatic heterocycles. The number of benzene rings is 4. The third-order valence-corrected chi connectivity index (χ3v) is 30.7. The number of pyridine rings is 2. The Kier molecular flexibility index (Phi) is 40.2. The van der Waals surface area contributed by atoms with Crippen LogP contribution < -0.4 is 5.73 Å². The van der Waals surface area contributed by atoms with Crippen LogP contribution in [-0.2, 0) is 85.6 Å². The van der Waals surface area contributed by atoms with E-state index in [9.17, 15) is 38.4 Å². The smallest absolute Gasteiger partial charge is 0.420 e. The molecular weight excluding hydrogens is 1870 g/mol. The maximum Gasteiger partial charge on any atom is 0.420 e. The molecule has 4 aromatic carbocycles. The van der Waals surface area contributed by atoms with E-state index in [-0.39, 0.29) is 86.4 Å². The molecule has 32 heteroatoms. The minimum atomic E-state index is -1.65. The first-order chi connectivity index (χ1) is 70.0. The van der Waals surface area contributed by atoms with Gasteiger partial charge in [-0.15, -0.1) is 0 Å². The van der Waals surface area contributed by atoms with Crippen LogP contribution in [0.25, 0.3) is 34.0 Å². The second-order valence-electron chi connectivity index (χ2n) is 42.1. The molecule has 0 spiro atoms. The van der Waals surface area contributed by atoms with Crippen LogP contribution in [0, 0.1) is 41.4 Å². The number of nitrogens with two attached hydrogens (primary N) is 1. The molecule has 14 rings (SSSR count). The van der Waals surface area contributed by atoms with Gasteiger partial charge in [-0.3, -0.25) is 53.4 Å². The number of rotatable bonds is 26. The summed E-state index contributed by atoms with van der Waals surface area (Å²) in [4.78, 5) is 167. The Labute approximate surface area is 866 Å². The lowest BCUT2D eigenvalue weighted by molar-refractivity contribution is -0.296. The lowest BCUT2D eigenvalue weighted by Crippen LogP contribution is -2.61. The number of ether oxygens (including phenoxy) is 12. The molecule has 26 atom stereocenters. The van der Waals surface area contributed by atoms with Crippen LogP contribution in [0.2, 0.25) is 0 Å². The van der Waals surface area contributed by atoms with E-state index in [4.69, 9.17) is 62.6 Å². The molecule has 147 heavy (non-hydrogen) atoms. The van der Waals surface area contributed by atoms with Gasteiger partial charge < -0.3 is 72.4 Å². The minimum Gasteiger partial charge on any atom is -0.458 e. The van der Waals surface area contributed by atoms with Crippen LogP contribution >= 0.6 is 0 Å². The fraction of sp³-hybridized carbons (Fsp3) is 0.574. The number of allylic oxidation sites excluding steroid dienone is 1. The zero-order valence-electron chi connectivity index (χ0n) is 89.8.